The Morgan fingerprint density at radius 1 is 1.15 bits per heavy atom. The molecule has 0 atom stereocenters. The lowest BCUT2D eigenvalue weighted by molar-refractivity contribution is 0.0875. The Labute approximate surface area is 124 Å². The molecule has 1 saturated heterocycles. The highest BCUT2D eigenvalue weighted by Gasteiger charge is 2.15. The Bertz CT molecular complexity index is 405. The number of hydrogen-bond donors (Lipinski definition) is 0. The van der Waals surface area contributed by atoms with E-state index in [2.05, 4.69) is 59.5 Å². The van der Waals surface area contributed by atoms with Crippen LogP contribution in [0.15, 0.2) is 18.5 Å². The van der Waals surface area contributed by atoms with Gasteiger partial charge in [0.15, 0.2) is 0 Å². The van der Waals surface area contributed by atoms with Crippen LogP contribution in [0.1, 0.15) is 0 Å². The van der Waals surface area contributed by atoms with E-state index in [1.807, 2.05) is 0 Å². The Balaban J connectivity index is 1.75. The van der Waals surface area contributed by atoms with Crippen LogP contribution < -0.4 is 4.90 Å². The van der Waals surface area contributed by atoms with E-state index in [0.29, 0.717) is 6.73 Å². The van der Waals surface area contributed by atoms with Gasteiger partial charge in [-0.25, -0.2) is 0 Å². The highest BCUT2D eigenvalue weighted by Crippen LogP contribution is 2.17. The molecular weight excluding hydrogens is 266 g/mol. The van der Waals surface area contributed by atoms with Gasteiger partial charge in [-0.2, -0.15) is 0 Å². The topological polar surface area (TPSA) is 20.6 Å². The summed E-state index contributed by atoms with van der Waals surface area (Å²) in [5.74, 6) is 0. The van der Waals surface area contributed by atoms with Crippen LogP contribution in [0, 0.1) is 0 Å². The molecule has 0 radical (unpaired) electrons. The summed E-state index contributed by atoms with van der Waals surface area (Å²) >= 11 is 0. The molecule has 2 rings (SSSR count). The smallest absolute Gasteiger partial charge is 0.122 e. The minimum atomic E-state index is -0.971. The quantitative estimate of drug-likeness (QED) is 0.594. The Hall–Kier alpha value is -0.783. The van der Waals surface area contributed by atoms with E-state index in [4.69, 9.17) is 4.74 Å². The normalized spacial score (nSPS) is 17.7. The van der Waals surface area contributed by atoms with E-state index in [1.165, 1.54) is 11.7 Å². The molecule has 0 bridgehead atoms. The van der Waals surface area contributed by atoms with Gasteiger partial charge in [-0.05, 0) is 19.2 Å². The minimum Gasteiger partial charge on any atom is -0.368 e. The van der Waals surface area contributed by atoms with E-state index in [9.17, 15) is 0 Å². The zero-order valence-electron chi connectivity index (χ0n) is 13.4. The molecule has 4 nitrogen and oxygen atoms in total. The van der Waals surface area contributed by atoms with Gasteiger partial charge in [-0.3, -0.25) is 0 Å². The molecule has 1 aromatic rings. The molecule has 0 N–H and O–H groups in total. The second kappa shape index (κ2) is 6.78. The third-order valence-corrected chi connectivity index (χ3v) is 5.54. The number of piperazine rings is 1. The molecule has 114 valence electrons. The standard InChI is InChI=1S/C15H29N3OSi/c1-16-7-9-18(10-8-16)15-5-6-17(13-15)14-19-11-12-20(2,3)4/h5-6,13H,7-12,14H2,1-4H3. The van der Waals surface area contributed by atoms with E-state index < -0.39 is 8.07 Å². The second-order valence-corrected chi connectivity index (χ2v) is 12.6. The van der Waals surface area contributed by atoms with Gasteiger partial charge in [0.05, 0.1) is 5.69 Å². The van der Waals surface area contributed by atoms with Crippen molar-refractivity contribution >= 4 is 13.8 Å². The van der Waals surface area contributed by atoms with Gasteiger partial charge in [0.25, 0.3) is 0 Å². The zero-order valence-corrected chi connectivity index (χ0v) is 14.4. The van der Waals surface area contributed by atoms with Crippen molar-refractivity contribution in [1.29, 1.82) is 0 Å². The van der Waals surface area contributed by atoms with Crippen molar-refractivity contribution in [2.75, 3.05) is 44.7 Å². The molecule has 1 aliphatic rings. The van der Waals surface area contributed by atoms with Gasteiger partial charge in [0.1, 0.15) is 6.73 Å². The van der Waals surface area contributed by atoms with Crippen LogP contribution in [0.2, 0.25) is 25.7 Å². The van der Waals surface area contributed by atoms with Gasteiger partial charge in [-0.1, -0.05) is 19.6 Å². The largest absolute Gasteiger partial charge is 0.368 e. The number of hydrogen-bond acceptors (Lipinski definition) is 3. The number of likely N-dealkylation sites (N-methyl/N-ethyl adjacent to an activating group) is 1. The first-order valence-electron chi connectivity index (χ1n) is 7.61. The first-order valence-corrected chi connectivity index (χ1v) is 11.3. The van der Waals surface area contributed by atoms with E-state index >= 15 is 0 Å². The first-order chi connectivity index (χ1) is 9.44. The number of rotatable bonds is 6. The molecule has 5 heteroatoms. The summed E-state index contributed by atoms with van der Waals surface area (Å²) in [5.41, 5.74) is 1.33. The number of nitrogens with zero attached hydrogens (tertiary/aromatic N) is 3. The molecule has 0 spiro atoms. The zero-order chi connectivity index (χ0) is 14.6. The molecule has 0 saturated carbocycles. The van der Waals surface area contributed by atoms with Crippen LogP contribution in [0.25, 0.3) is 0 Å². The van der Waals surface area contributed by atoms with E-state index in [0.717, 1.165) is 32.8 Å². The van der Waals surface area contributed by atoms with Gasteiger partial charge in [0, 0.05) is 53.3 Å². The van der Waals surface area contributed by atoms with Crippen LogP contribution in [0.3, 0.4) is 0 Å². The third-order valence-electron chi connectivity index (χ3n) is 3.84. The highest BCUT2D eigenvalue weighted by atomic mass is 28.3. The summed E-state index contributed by atoms with van der Waals surface area (Å²) in [7, 11) is 1.22. The average Bonchev–Trinajstić information content (AvgIpc) is 2.83. The number of ether oxygens (including phenoxy) is 1. The molecule has 1 aliphatic heterocycles. The first kappa shape index (κ1) is 15.6. The van der Waals surface area contributed by atoms with Crippen LogP contribution in [-0.4, -0.2) is 57.4 Å². The monoisotopic (exact) mass is 295 g/mol. The average molecular weight is 296 g/mol. The van der Waals surface area contributed by atoms with Crippen LogP contribution in [0.4, 0.5) is 5.69 Å². The minimum absolute atomic E-state index is 0.679. The SMILES string of the molecule is CN1CCN(c2ccn(COCC[Si](C)(C)C)c2)CC1. The molecule has 20 heavy (non-hydrogen) atoms. The lowest BCUT2D eigenvalue weighted by atomic mass is 10.3. The molecule has 0 aromatic carbocycles. The predicted octanol–water partition coefficient (Wildman–Crippen LogP) is 2.55. The van der Waals surface area contributed by atoms with Crippen molar-refractivity contribution in [3.8, 4) is 0 Å². The molecule has 0 aliphatic carbocycles. The predicted molar refractivity (Wildman–Crippen MR) is 88.2 cm³/mol. The fourth-order valence-corrected chi connectivity index (χ4v) is 3.07. The van der Waals surface area contributed by atoms with Crippen molar-refractivity contribution in [1.82, 2.24) is 9.47 Å². The Kier molecular flexibility index (Phi) is 5.29. The fourth-order valence-electron chi connectivity index (χ4n) is 2.31. The molecule has 0 amide bonds. The van der Waals surface area contributed by atoms with Gasteiger partial charge in [-0.15, -0.1) is 0 Å². The van der Waals surface area contributed by atoms with E-state index in [-0.39, 0.29) is 0 Å². The lowest BCUT2D eigenvalue weighted by Gasteiger charge is -2.33. The number of aromatic nitrogens is 1. The summed E-state index contributed by atoms with van der Waals surface area (Å²) in [6.45, 7) is 13.3. The summed E-state index contributed by atoms with van der Waals surface area (Å²) in [4.78, 5) is 4.84. The van der Waals surface area contributed by atoms with Crippen LogP contribution in [0.5, 0.6) is 0 Å². The number of anilines is 1. The van der Waals surface area contributed by atoms with Crippen molar-refractivity contribution in [2.24, 2.45) is 0 Å². The lowest BCUT2D eigenvalue weighted by Crippen LogP contribution is -2.44. The van der Waals surface area contributed by atoms with E-state index in [1.54, 1.807) is 0 Å². The van der Waals surface area contributed by atoms with Crippen molar-refractivity contribution in [2.45, 2.75) is 32.4 Å². The maximum absolute atomic E-state index is 5.78. The van der Waals surface area contributed by atoms with Gasteiger partial charge >= 0.3 is 0 Å². The fraction of sp³-hybridized carbons (Fsp3) is 0.733. The Morgan fingerprint density at radius 2 is 1.85 bits per heavy atom. The summed E-state index contributed by atoms with van der Waals surface area (Å²) in [6, 6.07) is 3.44. The third kappa shape index (κ3) is 4.96. The van der Waals surface area contributed by atoms with Gasteiger partial charge < -0.3 is 19.1 Å². The Morgan fingerprint density at radius 3 is 2.50 bits per heavy atom. The van der Waals surface area contributed by atoms with Crippen molar-refractivity contribution < 1.29 is 4.74 Å². The molecule has 0 unspecified atom stereocenters. The molecule has 1 aromatic heterocycles. The molecule has 2 heterocycles. The summed E-state index contributed by atoms with van der Waals surface area (Å²) in [6.07, 6.45) is 4.34. The highest BCUT2D eigenvalue weighted by molar-refractivity contribution is 6.76. The summed E-state index contributed by atoms with van der Waals surface area (Å²) in [5, 5.41) is 0. The van der Waals surface area contributed by atoms with Crippen molar-refractivity contribution in [3.05, 3.63) is 18.5 Å². The summed E-state index contributed by atoms with van der Waals surface area (Å²) < 4.78 is 7.94. The van der Waals surface area contributed by atoms with Gasteiger partial charge in [0.2, 0.25) is 0 Å². The van der Waals surface area contributed by atoms with Crippen LogP contribution >= 0.6 is 0 Å². The van der Waals surface area contributed by atoms with Crippen LogP contribution in [-0.2, 0) is 11.5 Å². The second-order valence-electron chi connectivity index (χ2n) is 7.02. The van der Waals surface area contributed by atoms with Crippen molar-refractivity contribution in [3.63, 3.8) is 0 Å². The molecule has 1 fully saturated rings. The molecular formula is C15H29N3OSi. The maximum atomic E-state index is 5.78. The maximum Gasteiger partial charge on any atom is 0.122 e.